The number of methoxy groups -OCH3 is 2. The SMILES string of the molecule is COc1ccc(OC)c(CNC(=O)c2cccc(NC(=O)C3CC3)c2)c1. The monoisotopic (exact) mass is 354 g/mol. The van der Waals surface area contributed by atoms with Crippen molar-refractivity contribution >= 4 is 17.5 Å². The van der Waals surface area contributed by atoms with Gasteiger partial charge in [-0.3, -0.25) is 9.59 Å². The third-order valence-electron chi connectivity index (χ3n) is 4.27. The number of nitrogens with one attached hydrogen (secondary N) is 2. The molecule has 3 rings (SSSR count). The molecule has 6 nitrogen and oxygen atoms in total. The van der Waals surface area contributed by atoms with Crippen molar-refractivity contribution in [1.82, 2.24) is 5.32 Å². The van der Waals surface area contributed by atoms with Crippen LogP contribution < -0.4 is 20.1 Å². The molecule has 2 aromatic carbocycles. The second-order valence-corrected chi connectivity index (χ2v) is 6.20. The van der Waals surface area contributed by atoms with Gasteiger partial charge >= 0.3 is 0 Å². The minimum atomic E-state index is -0.225. The summed E-state index contributed by atoms with van der Waals surface area (Å²) in [7, 11) is 3.17. The molecule has 26 heavy (non-hydrogen) atoms. The Hall–Kier alpha value is -3.02. The van der Waals surface area contributed by atoms with Gasteiger partial charge in [0.05, 0.1) is 14.2 Å². The lowest BCUT2D eigenvalue weighted by Gasteiger charge is -2.12. The van der Waals surface area contributed by atoms with E-state index >= 15 is 0 Å². The number of benzene rings is 2. The lowest BCUT2D eigenvalue weighted by molar-refractivity contribution is -0.117. The van der Waals surface area contributed by atoms with Crippen molar-refractivity contribution in [3.8, 4) is 11.5 Å². The van der Waals surface area contributed by atoms with Crippen LogP contribution in [0.1, 0.15) is 28.8 Å². The van der Waals surface area contributed by atoms with Crippen molar-refractivity contribution in [2.45, 2.75) is 19.4 Å². The van der Waals surface area contributed by atoms with E-state index in [0.717, 1.165) is 18.4 Å². The Balaban J connectivity index is 1.65. The number of carbonyl (C=O) groups is 2. The minimum Gasteiger partial charge on any atom is -0.497 e. The van der Waals surface area contributed by atoms with E-state index in [4.69, 9.17) is 9.47 Å². The molecular weight excluding hydrogens is 332 g/mol. The zero-order valence-corrected chi connectivity index (χ0v) is 14.9. The van der Waals surface area contributed by atoms with Crippen LogP contribution in [0.5, 0.6) is 11.5 Å². The molecule has 0 atom stereocenters. The molecule has 1 fully saturated rings. The average Bonchev–Trinajstić information content (AvgIpc) is 3.51. The third-order valence-corrected chi connectivity index (χ3v) is 4.27. The molecule has 0 heterocycles. The van der Waals surface area contributed by atoms with Crippen LogP contribution in [-0.4, -0.2) is 26.0 Å². The minimum absolute atomic E-state index is 0.0173. The van der Waals surface area contributed by atoms with Crippen LogP contribution in [0.2, 0.25) is 0 Å². The van der Waals surface area contributed by atoms with E-state index in [1.807, 2.05) is 6.07 Å². The Morgan fingerprint density at radius 1 is 1.08 bits per heavy atom. The predicted octanol–water partition coefficient (Wildman–Crippen LogP) is 2.98. The number of amides is 2. The zero-order valence-electron chi connectivity index (χ0n) is 14.9. The van der Waals surface area contributed by atoms with Crippen LogP contribution >= 0.6 is 0 Å². The topological polar surface area (TPSA) is 76.7 Å². The first-order valence-corrected chi connectivity index (χ1v) is 8.50. The Morgan fingerprint density at radius 3 is 2.58 bits per heavy atom. The molecule has 0 spiro atoms. The molecule has 1 aliphatic carbocycles. The molecule has 0 aliphatic heterocycles. The van der Waals surface area contributed by atoms with Gasteiger partial charge in [-0.05, 0) is 49.2 Å². The van der Waals surface area contributed by atoms with Crippen molar-refractivity contribution < 1.29 is 19.1 Å². The van der Waals surface area contributed by atoms with Crippen molar-refractivity contribution in [3.05, 3.63) is 53.6 Å². The standard InChI is InChI=1S/C20H22N2O4/c1-25-17-8-9-18(26-2)15(11-17)12-21-19(23)14-4-3-5-16(10-14)22-20(24)13-6-7-13/h3-5,8-11,13H,6-7,12H2,1-2H3,(H,21,23)(H,22,24). The number of hydrogen-bond acceptors (Lipinski definition) is 4. The van der Waals surface area contributed by atoms with Gasteiger partial charge in [0.2, 0.25) is 5.91 Å². The first-order chi connectivity index (χ1) is 12.6. The quantitative estimate of drug-likeness (QED) is 0.801. The maximum Gasteiger partial charge on any atom is 0.251 e. The molecule has 0 aromatic heterocycles. The molecule has 0 bridgehead atoms. The summed E-state index contributed by atoms with van der Waals surface area (Å²) >= 11 is 0. The smallest absolute Gasteiger partial charge is 0.251 e. The molecule has 2 N–H and O–H groups in total. The van der Waals surface area contributed by atoms with E-state index in [9.17, 15) is 9.59 Å². The van der Waals surface area contributed by atoms with Gasteiger partial charge in [0.1, 0.15) is 11.5 Å². The number of carbonyl (C=O) groups excluding carboxylic acids is 2. The predicted molar refractivity (Wildman–Crippen MR) is 98.5 cm³/mol. The summed E-state index contributed by atoms with van der Waals surface area (Å²) in [5.74, 6) is 1.28. The summed E-state index contributed by atoms with van der Waals surface area (Å²) in [5.41, 5.74) is 1.94. The second kappa shape index (κ2) is 7.91. The van der Waals surface area contributed by atoms with Gasteiger partial charge in [0.25, 0.3) is 5.91 Å². The van der Waals surface area contributed by atoms with Crippen LogP contribution in [0.3, 0.4) is 0 Å². The van der Waals surface area contributed by atoms with E-state index < -0.39 is 0 Å². The van der Waals surface area contributed by atoms with Crippen LogP contribution in [0, 0.1) is 5.92 Å². The first-order valence-electron chi connectivity index (χ1n) is 8.50. The second-order valence-electron chi connectivity index (χ2n) is 6.20. The summed E-state index contributed by atoms with van der Waals surface area (Å²) in [5, 5.41) is 5.72. The normalized spacial score (nSPS) is 13.0. The number of rotatable bonds is 7. The highest BCUT2D eigenvalue weighted by Gasteiger charge is 2.29. The van der Waals surface area contributed by atoms with E-state index in [0.29, 0.717) is 29.3 Å². The highest BCUT2D eigenvalue weighted by atomic mass is 16.5. The van der Waals surface area contributed by atoms with E-state index in [1.54, 1.807) is 50.6 Å². The number of anilines is 1. The molecular formula is C20H22N2O4. The maximum atomic E-state index is 12.5. The molecule has 1 saturated carbocycles. The van der Waals surface area contributed by atoms with E-state index in [2.05, 4.69) is 10.6 Å². The van der Waals surface area contributed by atoms with Gasteiger partial charge in [0.15, 0.2) is 0 Å². The molecule has 0 radical (unpaired) electrons. The van der Waals surface area contributed by atoms with E-state index in [-0.39, 0.29) is 17.7 Å². The van der Waals surface area contributed by atoms with Crippen LogP contribution in [-0.2, 0) is 11.3 Å². The summed E-state index contributed by atoms with van der Waals surface area (Å²) in [4.78, 5) is 24.3. The highest BCUT2D eigenvalue weighted by Crippen LogP contribution is 2.30. The Morgan fingerprint density at radius 2 is 1.88 bits per heavy atom. The molecule has 1 aliphatic rings. The Kier molecular flexibility index (Phi) is 5.41. The van der Waals surface area contributed by atoms with Gasteiger partial charge in [-0.2, -0.15) is 0 Å². The fourth-order valence-electron chi connectivity index (χ4n) is 2.63. The molecule has 0 unspecified atom stereocenters. The van der Waals surface area contributed by atoms with Gasteiger partial charge in [-0.25, -0.2) is 0 Å². The Bertz CT molecular complexity index is 815. The van der Waals surface area contributed by atoms with Crippen LogP contribution in [0.4, 0.5) is 5.69 Å². The lowest BCUT2D eigenvalue weighted by Crippen LogP contribution is -2.23. The van der Waals surface area contributed by atoms with Crippen molar-refractivity contribution in [1.29, 1.82) is 0 Å². The largest absolute Gasteiger partial charge is 0.497 e. The molecule has 2 aromatic rings. The lowest BCUT2D eigenvalue weighted by atomic mass is 10.1. The Labute approximate surface area is 152 Å². The number of hydrogen-bond donors (Lipinski definition) is 2. The molecule has 136 valence electrons. The van der Waals surface area contributed by atoms with Crippen LogP contribution in [0.25, 0.3) is 0 Å². The van der Waals surface area contributed by atoms with Gasteiger partial charge < -0.3 is 20.1 Å². The van der Waals surface area contributed by atoms with E-state index in [1.165, 1.54) is 0 Å². The van der Waals surface area contributed by atoms with Crippen molar-refractivity contribution in [2.24, 2.45) is 5.92 Å². The average molecular weight is 354 g/mol. The molecule has 6 heteroatoms. The zero-order chi connectivity index (χ0) is 18.5. The highest BCUT2D eigenvalue weighted by molar-refractivity contribution is 5.98. The van der Waals surface area contributed by atoms with Crippen LogP contribution in [0.15, 0.2) is 42.5 Å². The van der Waals surface area contributed by atoms with Gasteiger partial charge in [-0.15, -0.1) is 0 Å². The van der Waals surface area contributed by atoms with Crippen molar-refractivity contribution in [2.75, 3.05) is 19.5 Å². The summed E-state index contributed by atoms with van der Waals surface area (Å²) in [6, 6.07) is 12.4. The maximum absolute atomic E-state index is 12.5. The fourth-order valence-corrected chi connectivity index (χ4v) is 2.63. The number of ether oxygens (including phenoxy) is 2. The van der Waals surface area contributed by atoms with Crippen molar-refractivity contribution in [3.63, 3.8) is 0 Å². The summed E-state index contributed by atoms with van der Waals surface area (Å²) in [6.07, 6.45) is 1.88. The third kappa shape index (κ3) is 4.33. The summed E-state index contributed by atoms with van der Waals surface area (Å²) in [6.45, 7) is 0.303. The molecule has 2 amide bonds. The van der Waals surface area contributed by atoms with Gasteiger partial charge in [-0.1, -0.05) is 6.07 Å². The molecule has 0 saturated heterocycles. The fraction of sp³-hybridized carbons (Fsp3) is 0.300. The first kappa shape index (κ1) is 17.8. The summed E-state index contributed by atoms with van der Waals surface area (Å²) < 4.78 is 10.5. The van der Waals surface area contributed by atoms with Gasteiger partial charge in [0, 0.05) is 29.3 Å².